The van der Waals surface area contributed by atoms with Gasteiger partial charge in [-0.2, -0.15) is 0 Å². The second-order valence-electron chi connectivity index (χ2n) is 6.22. The molecule has 0 saturated heterocycles. The first-order valence-electron chi connectivity index (χ1n) is 8.31. The maximum atomic E-state index is 5.81. The van der Waals surface area contributed by atoms with Gasteiger partial charge in [-0.15, -0.1) is 0 Å². The van der Waals surface area contributed by atoms with Gasteiger partial charge >= 0.3 is 0 Å². The molecule has 1 atom stereocenters. The molecule has 0 fully saturated rings. The minimum absolute atomic E-state index is 0.492. The molecule has 0 N–H and O–H groups in total. The van der Waals surface area contributed by atoms with Gasteiger partial charge in [-0.25, -0.2) is 0 Å². The van der Waals surface area contributed by atoms with Gasteiger partial charge < -0.3 is 9.47 Å². The molecule has 22 heavy (non-hydrogen) atoms. The maximum Gasteiger partial charge on any atom is 0.126 e. The Morgan fingerprint density at radius 2 is 2.09 bits per heavy atom. The molecule has 0 aromatic heterocycles. The van der Waals surface area contributed by atoms with Crippen molar-refractivity contribution < 1.29 is 9.47 Å². The summed E-state index contributed by atoms with van der Waals surface area (Å²) in [6.45, 7) is 10.2. The smallest absolute Gasteiger partial charge is 0.126 e. The fourth-order valence-corrected chi connectivity index (χ4v) is 2.51. The van der Waals surface area contributed by atoms with Crippen LogP contribution in [0.4, 0.5) is 0 Å². The standard InChI is InChI=1S/C20H28O2/c1-5-15(2)7-6-8-16(3)11-12-21-18-9-10-19-17(4)14-22-20(19)13-18/h7,9-11,13,17H,5-6,8,12,14H2,1-4H3/b15-7+,16-11+. The van der Waals surface area contributed by atoms with Gasteiger partial charge in [0.25, 0.3) is 0 Å². The summed E-state index contributed by atoms with van der Waals surface area (Å²) in [7, 11) is 0. The number of allylic oxidation sites excluding steroid dienone is 3. The highest BCUT2D eigenvalue weighted by Gasteiger charge is 2.20. The molecule has 1 unspecified atom stereocenters. The van der Waals surface area contributed by atoms with Crippen molar-refractivity contribution in [3.05, 3.63) is 47.1 Å². The quantitative estimate of drug-likeness (QED) is 0.606. The first-order chi connectivity index (χ1) is 10.6. The normalized spacial score (nSPS) is 18.1. The van der Waals surface area contributed by atoms with Gasteiger partial charge in [0.05, 0.1) is 6.61 Å². The van der Waals surface area contributed by atoms with Crippen molar-refractivity contribution in [1.29, 1.82) is 0 Å². The van der Waals surface area contributed by atoms with Gasteiger partial charge in [0, 0.05) is 17.5 Å². The van der Waals surface area contributed by atoms with Crippen molar-refractivity contribution in [2.24, 2.45) is 0 Å². The summed E-state index contributed by atoms with van der Waals surface area (Å²) in [5.74, 6) is 2.36. The van der Waals surface area contributed by atoms with Gasteiger partial charge in [-0.1, -0.05) is 37.1 Å². The van der Waals surface area contributed by atoms with Gasteiger partial charge in [0.15, 0.2) is 0 Å². The van der Waals surface area contributed by atoms with Crippen LogP contribution in [0, 0.1) is 0 Å². The minimum Gasteiger partial charge on any atom is -0.493 e. The molecule has 2 heteroatoms. The van der Waals surface area contributed by atoms with Crippen molar-refractivity contribution in [2.75, 3.05) is 13.2 Å². The zero-order valence-corrected chi connectivity index (χ0v) is 14.3. The van der Waals surface area contributed by atoms with E-state index in [0.29, 0.717) is 12.5 Å². The molecule has 120 valence electrons. The Balaban J connectivity index is 1.79. The fraction of sp³-hybridized carbons (Fsp3) is 0.500. The predicted octanol–water partition coefficient (Wildman–Crippen LogP) is 5.64. The molecule has 0 saturated carbocycles. The molecule has 0 radical (unpaired) electrons. The highest BCUT2D eigenvalue weighted by atomic mass is 16.5. The van der Waals surface area contributed by atoms with Crippen LogP contribution in [-0.2, 0) is 0 Å². The minimum atomic E-state index is 0.492. The molecule has 1 aliphatic heterocycles. The average Bonchev–Trinajstić information content (AvgIpc) is 2.88. The lowest BCUT2D eigenvalue weighted by Gasteiger charge is -2.07. The van der Waals surface area contributed by atoms with Crippen LogP contribution in [0.15, 0.2) is 41.5 Å². The van der Waals surface area contributed by atoms with Crippen molar-refractivity contribution in [3.8, 4) is 11.5 Å². The molecule has 0 bridgehead atoms. The molecule has 1 aromatic carbocycles. The first-order valence-corrected chi connectivity index (χ1v) is 8.31. The van der Waals surface area contributed by atoms with E-state index in [-0.39, 0.29) is 0 Å². The Kier molecular flexibility index (Phi) is 6.11. The van der Waals surface area contributed by atoms with Crippen LogP contribution in [0.1, 0.15) is 58.4 Å². The number of fused-ring (bicyclic) bond motifs is 1. The Labute approximate surface area is 134 Å². The summed E-state index contributed by atoms with van der Waals surface area (Å²) < 4.78 is 11.5. The van der Waals surface area contributed by atoms with Crippen molar-refractivity contribution >= 4 is 0 Å². The van der Waals surface area contributed by atoms with Crippen LogP contribution < -0.4 is 9.47 Å². The topological polar surface area (TPSA) is 18.5 Å². The number of hydrogen-bond acceptors (Lipinski definition) is 2. The molecular weight excluding hydrogens is 272 g/mol. The van der Waals surface area contributed by atoms with E-state index < -0.39 is 0 Å². The zero-order chi connectivity index (χ0) is 15.9. The summed E-state index contributed by atoms with van der Waals surface area (Å²) in [5, 5.41) is 0. The summed E-state index contributed by atoms with van der Waals surface area (Å²) in [4.78, 5) is 0. The lowest BCUT2D eigenvalue weighted by molar-refractivity contribution is 0.331. The van der Waals surface area contributed by atoms with Crippen LogP contribution in [0.2, 0.25) is 0 Å². The van der Waals surface area contributed by atoms with Crippen LogP contribution in [-0.4, -0.2) is 13.2 Å². The van der Waals surface area contributed by atoms with E-state index in [4.69, 9.17) is 9.47 Å². The molecule has 1 aliphatic rings. The summed E-state index contributed by atoms with van der Waals surface area (Å²) in [6, 6.07) is 6.17. The second kappa shape index (κ2) is 8.07. The summed E-state index contributed by atoms with van der Waals surface area (Å²) in [6.07, 6.45) is 7.87. The first kappa shape index (κ1) is 16.7. The Morgan fingerprint density at radius 1 is 1.27 bits per heavy atom. The Bertz CT molecular complexity index is 555. The van der Waals surface area contributed by atoms with Gasteiger partial charge in [0.1, 0.15) is 18.1 Å². The molecule has 1 aromatic rings. The molecule has 0 amide bonds. The van der Waals surface area contributed by atoms with E-state index in [1.807, 2.05) is 12.1 Å². The lowest BCUT2D eigenvalue weighted by Crippen LogP contribution is -1.95. The molecule has 0 spiro atoms. The van der Waals surface area contributed by atoms with Crippen LogP contribution in [0.3, 0.4) is 0 Å². The highest BCUT2D eigenvalue weighted by molar-refractivity contribution is 5.45. The number of hydrogen-bond donors (Lipinski definition) is 0. The number of benzene rings is 1. The van der Waals surface area contributed by atoms with Gasteiger partial charge in [-0.05, 0) is 45.3 Å². The summed E-state index contributed by atoms with van der Waals surface area (Å²) in [5.41, 5.74) is 4.14. The SMILES string of the molecule is CC/C(C)=C/CC/C(C)=C/COc1ccc2c(c1)OCC2C. The molecule has 1 heterocycles. The summed E-state index contributed by atoms with van der Waals surface area (Å²) >= 11 is 0. The third-order valence-corrected chi connectivity index (χ3v) is 4.28. The van der Waals surface area contributed by atoms with E-state index in [1.165, 1.54) is 16.7 Å². The van der Waals surface area contributed by atoms with Crippen LogP contribution in [0.25, 0.3) is 0 Å². The van der Waals surface area contributed by atoms with Crippen LogP contribution in [0.5, 0.6) is 11.5 Å². The Morgan fingerprint density at radius 3 is 2.86 bits per heavy atom. The van der Waals surface area contributed by atoms with E-state index in [9.17, 15) is 0 Å². The molecule has 2 rings (SSSR count). The van der Waals surface area contributed by atoms with Crippen molar-refractivity contribution in [2.45, 2.75) is 52.9 Å². The molecule has 2 nitrogen and oxygen atoms in total. The predicted molar refractivity (Wildman–Crippen MR) is 92.9 cm³/mol. The molecular formula is C20H28O2. The van der Waals surface area contributed by atoms with E-state index >= 15 is 0 Å². The lowest BCUT2D eigenvalue weighted by atomic mass is 10.0. The van der Waals surface area contributed by atoms with E-state index in [1.54, 1.807) is 0 Å². The second-order valence-corrected chi connectivity index (χ2v) is 6.22. The largest absolute Gasteiger partial charge is 0.493 e. The average molecular weight is 300 g/mol. The molecule has 0 aliphatic carbocycles. The monoisotopic (exact) mass is 300 g/mol. The van der Waals surface area contributed by atoms with E-state index in [0.717, 1.165) is 37.4 Å². The van der Waals surface area contributed by atoms with E-state index in [2.05, 4.69) is 45.9 Å². The van der Waals surface area contributed by atoms with Gasteiger partial charge in [0.2, 0.25) is 0 Å². The number of rotatable bonds is 7. The fourth-order valence-electron chi connectivity index (χ4n) is 2.51. The third kappa shape index (κ3) is 4.66. The number of ether oxygens (including phenoxy) is 2. The van der Waals surface area contributed by atoms with Crippen molar-refractivity contribution in [3.63, 3.8) is 0 Å². The van der Waals surface area contributed by atoms with Gasteiger partial charge in [-0.3, -0.25) is 0 Å². The highest BCUT2D eigenvalue weighted by Crippen LogP contribution is 2.36. The van der Waals surface area contributed by atoms with Crippen molar-refractivity contribution in [1.82, 2.24) is 0 Å². The van der Waals surface area contributed by atoms with Crippen LogP contribution >= 0.6 is 0 Å². The third-order valence-electron chi connectivity index (χ3n) is 4.28. The Hall–Kier alpha value is -1.70. The zero-order valence-electron chi connectivity index (χ0n) is 14.3. The maximum absolute atomic E-state index is 5.81.